The Morgan fingerprint density at radius 1 is 0.872 bits per heavy atom. The molecule has 1 fully saturated rings. The van der Waals surface area contributed by atoms with Crippen molar-refractivity contribution in [3.8, 4) is 0 Å². The number of rotatable bonds is 10. The summed E-state index contributed by atoms with van der Waals surface area (Å²) in [4.78, 5) is 29.5. The fraction of sp³-hybridized carbons (Fsp3) is 0.222. The number of fused-ring (bicyclic) bond motifs is 1. The van der Waals surface area contributed by atoms with Gasteiger partial charge in [-0.3, -0.25) is 9.10 Å². The van der Waals surface area contributed by atoms with E-state index in [-0.39, 0.29) is 29.7 Å². The number of halogens is 1. The third-order valence-electron chi connectivity index (χ3n) is 8.15. The largest absolute Gasteiger partial charge is 0.460 e. The van der Waals surface area contributed by atoms with Crippen LogP contribution in [0, 0.1) is 0 Å². The van der Waals surface area contributed by atoms with Crippen LogP contribution in [0.5, 0.6) is 0 Å². The van der Waals surface area contributed by atoms with Gasteiger partial charge in [0.15, 0.2) is 0 Å². The first-order chi connectivity index (χ1) is 22.7. The molecule has 5 aromatic rings. The highest BCUT2D eigenvalue weighted by Gasteiger charge is 2.30. The number of carbonyl (C=O) groups excluding carboxylic acids is 2. The Balaban J connectivity index is 1.31. The molecule has 47 heavy (non-hydrogen) atoms. The lowest BCUT2D eigenvalue weighted by Crippen LogP contribution is -2.49. The van der Waals surface area contributed by atoms with Crippen molar-refractivity contribution in [2.24, 2.45) is 0 Å². The molecule has 11 heteroatoms. The zero-order valence-corrected chi connectivity index (χ0v) is 28.2. The van der Waals surface area contributed by atoms with Gasteiger partial charge in [-0.15, -0.1) is 0 Å². The number of benzene rings is 4. The van der Waals surface area contributed by atoms with Gasteiger partial charge in [-0.1, -0.05) is 58.4 Å². The van der Waals surface area contributed by atoms with Crippen LogP contribution in [0.2, 0.25) is 0 Å². The van der Waals surface area contributed by atoms with E-state index < -0.39 is 16.0 Å². The molecular weight excluding hydrogens is 682 g/mol. The van der Waals surface area contributed by atoms with Crippen LogP contribution in [-0.4, -0.2) is 64.5 Å². The second-order valence-corrected chi connectivity index (χ2v) is 13.9. The van der Waals surface area contributed by atoms with Crippen LogP contribution in [0.3, 0.4) is 0 Å². The van der Waals surface area contributed by atoms with Crippen molar-refractivity contribution < 1.29 is 27.2 Å². The maximum Gasteiger partial charge on any atom is 0.374 e. The van der Waals surface area contributed by atoms with Crippen molar-refractivity contribution in [3.63, 3.8) is 0 Å². The fourth-order valence-corrected chi connectivity index (χ4v) is 7.51. The number of sulfonamides is 1. The molecule has 9 nitrogen and oxygen atoms in total. The summed E-state index contributed by atoms with van der Waals surface area (Å²) in [7, 11) is -4.08. The van der Waals surface area contributed by atoms with Gasteiger partial charge in [0.25, 0.3) is 15.9 Å². The molecule has 1 aliphatic heterocycles. The van der Waals surface area contributed by atoms with Crippen LogP contribution in [0.4, 0.5) is 11.4 Å². The average Bonchev–Trinajstić information content (AvgIpc) is 3.53. The third kappa shape index (κ3) is 7.06. The highest BCUT2D eigenvalue weighted by atomic mass is 79.9. The minimum atomic E-state index is -4.08. The number of hydrogen-bond acceptors (Lipinski definition) is 7. The number of anilines is 2. The Labute approximate surface area is 282 Å². The smallest absolute Gasteiger partial charge is 0.374 e. The summed E-state index contributed by atoms with van der Waals surface area (Å²) >= 11 is 3.42. The minimum Gasteiger partial charge on any atom is -0.460 e. The monoisotopic (exact) mass is 715 g/mol. The Morgan fingerprint density at radius 3 is 2.30 bits per heavy atom. The van der Waals surface area contributed by atoms with E-state index in [1.54, 1.807) is 13.0 Å². The van der Waals surface area contributed by atoms with Gasteiger partial charge in [0, 0.05) is 48.1 Å². The number of esters is 1. The standard InChI is InChI=1S/C36H34BrN3O6S/c1-2-45-36(42)34-25-28-24-30(16-17-33(28)46-34)47(43,44)40(19-18-26-8-4-3-5-9-26)32-11-7-6-10-31(32)38-20-22-39(23-21-38)35(41)27-12-14-29(37)15-13-27/h3-17,24-25H,2,18-23H2,1H3. The Bertz CT molecular complexity index is 1990. The summed E-state index contributed by atoms with van der Waals surface area (Å²) < 4.78 is 42.1. The minimum absolute atomic E-state index is 0.0143. The quantitative estimate of drug-likeness (QED) is 0.147. The number of amides is 1. The maximum atomic E-state index is 14.5. The molecule has 0 atom stereocenters. The van der Waals surface area contributed by atoms with E-state index >= 15 is 0 Å². The Hall–Kier alpha value is -4.61. The molecule has 1 saturated heterocycles. The van der Waals surface area contributed by atoms with Crippen LogP contribution >= 0.6 is 15.9 Å². The van der Waals surface area contributed by atoms with Gasteiger partial charge in [0.1, 0.15) is 5.58 Å². The van der Waals surface area contributed by atoms with Gasteiger partial charge in [-0.25, -0.2) is 13.2 Å². The molecule has 6 rings (SSSR count). The molecule has 1 amide bonds. The predicted octanol–water partition coefficient (Wildman–Crippen LogP) is 6.77. The van der Waals surface area contributed by atoms with Gasteiger partial charge in [0.05, 0.1) is 22.9 Å². The van der Waals surface area contributed by atoms with Gasteiger partial charge in [-0.2, -0.15) is 0 Å². The van der Waals surface area contributed by atoms with Gasteiger partial charge < -0.3 is 19.0 Å². The fourth-order valence-electron chi connectivity index (χ4n) is 5.73. The summed E-state index contributed by atoms with van der Waals surface area (Å²) in [5, 5.41) is 0.483. The third-order valence-corrected chi connectivity index (χ3v) is 10.5. The summed E-state index contributed by atoms with van der Waals surface area (Å²) in [5.41, 5.74) is 3.35. The Morgan fingerprint density at radius 2 is 1.57 bits per heavy atom. The molecule has 1 aliphatic rings. The van der Waals surface area contributed by atoms with Crippen molar-refractivity contribution in [2.45, 2.75) is 18.2 Å². The molecule has 0 aliphatic carbocycles. The second-order valence-electron chi connectivity index (χ2n) is 11.1. The lowest BCUT2D eigenvalue weighted by Gasteiger charge is -2.38. The Kier molecular flexibility index (Phi) is 9.65. The van der Waals surface area contributed by atoms with Gasteiger partial charge in [-0.05, 0) is 79.6 Å². The molecule has 242 valence electrons. The lowest BCUT2D eigenvalue weighted by atomic mass is 10.1. The molecule has 0 N–H and O–H groups in total. The molecule has 0 spiro atoms. The van der Waals surface area contributed by atoms with Crippen LogP contribution < -0.4 is 9.21 Å². The molecule has 0 radical (unpaired) electrons. The summed E-state index contributed by atoms with van der Waals surface area (Å²) in [6, 6.07) is 30.7. The summed E-state index contributed by atoms with van der Waals surface area (Å²) in [6.07, 6.45) is 0.491. The predicted molar refractivity (Wildman–Crippen MR) is 186 cm³/mol. The topological polar surface area (TPSA) is 100 Å². The second kappa shape index (κ2) is 14.0. The maximum absolute atomic E-state index is 14.5. The first kappa shape index (κ1) is 32.3. The first-order valence-corrected chi connectivity index (χ1v) is 17.6. The van der Waals surface area contributed by atoms with E-state index in [4.69, 9.17) is 9.15 Å². The zero-order chi connectivity index (χ0) is 33.0. The van der Waals surface area contributed by atoms with Gasteiger partial charge >= 0.3 is 5.97 Å². The van der Waals surface area contributed by atoms with E-state index in [2.05, 4.69) is 20.8 Å². The molecule has 1 aromatic heterocycles. The van der Waals surface area contributed by atoms with Crippen LogP contribution in [0.1, 0.15) is 33.4 Å². The molecule has 4 aromatic carbocycles. The average molecular weight is 717 g/mol. The molecule has 0 saturated carbocycles. The lowest BCUT2D eigenvalue weighted by molar-refractivity contribution is 0.0492. The van der Waals surface area contributed by atoms with E-state index in [9.17, 15) is 18.0 Å². The number of nitrogens with zero attached hydrogens (tertiary/aromatic N) is 3. The highest BCUT2D eigenvalue weighted by molar-refractivity contribution is 9.10. The van der Waals surface area contributed by atoms with Crippen molar-refractivity contribution in [1.82, 2.24) is 4.90 Å². The number of hydrogen-bond donors (Lipinski definition) is 0. The molecular formula is C36H34BrN3O6S. The van der Waals surface area contributed by atoms with Crippen molar-refractivity contribution in [2.75, 3.05) is 48.5 Å². The van der Waals surface area contributed by atoms with Crippen molar-refractivity contribution in [1.29, 1.82) is 0 Å². The molecule has 0 bridgehead atoms. The van der Waals surface area contributed by atoms with E-state index in [1.165, 1.54) is 22.5 Å². The summed E-state index contributed by atoms with van der Waals surface area (Å²) in [6.45, 7) is 4.19. The SMILES string of the molecule is CCOC(=O)c1cc2cc(S(=O)(=O)N(CCc3ccccc3)c3ccccc3N3CCN(C(=O)c4ccc(Br)cc4)CC3)ccc2o1. The van der Waals surface area contributed by atoms with Crippen LogP contribution in [-0.2, 0) is 21.2 Å². The van der Waals surface area contributed by atoms with Crippen molar-refractivity contribution >= 4 is 60.2 Å². The number of ether oxygens (including phenoxy) is 1. The highest BCUT2D eigenvalue weighted by Crippen LogP contribution is 2.35. The number of furan rings is 1. The van der Waals surface area contributed by atoms with Crippen LogP contribution in [0.25, 0.3) is 11.0 Å². The normalized spacial score (nSPS) is 13.5. The molecule has 2 heterocycles. The van der Waals surface area contributed by atoms with Crippen LogP contribution in [0.15, 0.2) is 117 Å². The van der Waals surface area contributed by atoms with E-state index in [1.807, 2.05) is 83.8 Å². The number of piperazine rings is 1. The van der Waals surface area contributed by atoms with E-state index in [0.717, 1.165) is 15.7 Å². The summed E-state index contributed by atoms with van der Waals surface area (Å²) in [5.74, 6) is -0.621. The zero-order valence-electron chi connectivity index (χ0n) is 25.8. The van der Waals surface area contributed by atoms with Crippen molar-refractivity contribution in [3.05, 3.63) is 124 Å². The van der Waals surface area contributed by atoms with E-state index in [0.29, 0.717) is 54.8 Å². The number of para-hydroxylation sites is 2. The number of carbonyl (C=O) groups is 2. The molecule has 0 unspecified atom stereocenters. The first-order valence-electron chi connectivity index (χ1n) is 15.4. The van der Waals surface area contributed by atoms with Gasteiger partial charge in [0.2, 0.25) is 5.76 Å².